The van der Waals surface area contributed by atoms with Gasteiger partial charge in [-0.25, -0.2) is 9.37 Å². The molecule has 0 radical (unpaired) electrons. The third kappa shape index (κ3) is 2.42. The van der Waals surface area contributed by atoms with Crippen LogP contribution in [0.1, 0.15) is 39.8 Å². The van der Waals surface area contributed by atoms with Crippen LogP contribution >= 0.6 is 0 Å². The van der Waals surface area contributed by atoms with Gasteiger partial charge in [0.2, 0.25) is 5.89 Å². The lowest BCUT2D eigenvalue weighted by Gasteiger charge is -2.32. The molecule has 1 amide bonds. The van der Waals surface area contributed by atoms with Crippen LogP contribution in [0.15, 0.2) is 39.4 Å². The first kappa shape index (κ1) is 15.7. The zero-order valence-corrected chi connectivity index (χ0v) is 14.3. The van der Waals surface area contributed by atoms with Gasteiger partial charge in [0.05, 0.1) is 12.0 Å². The smallest absolute Gasteiger partial charge is 0.312 e. The first-order valence-electron chi connectivity index (χ1n) is 8.43. The summed E-state index contributed by atoms with van der Waals surface area (Å²) in [5.74, 6) is -0.248. The highest BCUT2D eigenvalue weighted by molar-refractivity contribution is 5.90. The van der Waals surface area contributed by atoms with E-state index in [1.165, 1.54) is 6.07 Å². The van der Waals surface area contributed by atoms with E-state index in [1.807, 2.05) is 0 Å². The Labute approximate surface area is 152 Å². The molecule has 0 bridgehead atoms. The number of imidazole rings is 1. The Balaban J connectivity index is 1.64. The number of rotatable bonds is 2. The number of H-pyrrole nitrogens is 1. The number of carbonyl (C=O) groups excluding carboxylic acids is 1. The number of hydrogen-bond acceptors (Lipinski definition) is 6. The number of furan rings is 1. The first-order chi connectivity index (χ1) is 13.1. The van der Waals surface area contributed by atoms with Crippen molar-refractivity contribution in [3.63, 3.8) is 0 Å². The Bertz CT molecular complexity index is 1160. The van der Waals surface area contributed by atoms with E-state index in [4.69, 9.17) is 8.83 Å². The second-order valence-corrected chi connectivity index (χ2v) is 6.35. The van der Waals surface area contributed by atoms with Crippen molar-refractivity contribution in [1.82, 2.24) is 25.1 Å². The minimum Gasteiger partial charge on any atom is -0.455 e. The van der Waals surface area contributed by atoms with E-state index in [1.54, 1.807) is 36.4 Å². The third-order valence-corrected chi connectivity index (χ3v) is 4.68. The number of hydrogen-bond donors (Lipinski definition) is 1. The summed E-state index contributed by atoms with van der Waals surface area (Å²) in [6.45, 7) is 2.02. The Morgan fingerprint density at radius 2 is 2.22 bits per heavy atom. The van der Waals surface area contributed by atoms with Crippen molar-refractivity contribution in [2.75, 3.05) is 6.54 Å². The first-order valence-corrected chi connectivity index (χ1v) is 8.43. The SMILES string of the molecule is Cc1nnc(C(=O)N2CCc3[nH]cnc3[C@H]2c2cc3cccc(F)c3o2)o1. The fraction of sp³-hybridized carbons (Fsp3) is 0.222. The maximum atomic E-state index is 14.1. The molecule has 1 atom stereocenters. The molecule has 27 heavy (non-hydrogen) atoms. The summed E-state index contributed by atoms with van der Waals surface area (Å²) in [4.78, 5) is 22.0. The molecule has 0 saturated heterocycles. The summed E-state index contributed by atoms with van der Waals surface area (Å²) in [5.41, 5.74) is 1.72. The molecule has 0 saturated carbocycles. The average molecular weight is 367 g/mol. The largest absolute Gasteiger partial charge is 0.455 e. The Morgan fingerprint density at radius 1 is 1.33 bits per heavy atom. The minimum absolute atomic E-state index is 0.0984. The third-order valence-electron chi connectivity index (χ3n) is 4.68. The van der Waals surface area contributed by atoms with Crippen molar-refractivity contribution in [2.24, 2.45) is 0 Å². The van der Waals surface area contributed by atoms with Crippen LogP contribution in [0.4, 0.5) is 4.39 Å². The van der Waals surface area contributed by atoms with Crippen molar-refractivity contribution >= 4 is 16.9 Å². The van der Waals surface area contributed by atoms with Crippen LogP contribution in [-0.2, 0) is 6.42 Å². The molecule has 4 heterocycles. The lowest BCUT2D eigenvalue weighted by atomic mass is 10.00. The zero-order valence-electron chi connectivity index (χ0n) is 14.3. The molecule has 0 spiro atoms. The van der Waals surface area contributed by atoms with Gasteiger partial charge in [-0.1, -0.05) is 12.1 Å². The van der Waals surface area contributed by atoms with E-state index in [0.717, 1.165) is 5.69 Å². The highest BCUT2D eigenvalue weighted by Crippen LogP contribution is 2.37. The van der Waals surface area contributed by atoms with E-state index in [2.05, 4.69) is 20.2 Å². The van der Waals surface area contributed by atoms with Gasteiger partial charge in [0.1, 0.15) is 11.8 Å². The predicted octanol–water partition coefficient (Wildman–Crippen LogP) is 2.77. The van der Waals surface area contributed by atoms with E-state index >= 15 is 0 Å². The molecule has 0 unspecified atom stereocenters. The number of aryl methyl sites for hydroxylation is 1. The highest BCUT2D eigenvalue weighted by Gasteiger charge is 2.38. The lowest BCUT2D eigenvalue weighted by molar-refractivity contribution is 0.0630. The van der Waals surface area contributed by atoms with Gasteiger partial charge in [-0.3, -0.25) is 4.79 Å². The minimum atomic E-state index is -0.619. The molecule has 9 heteroatoms. The maximum Gasteiger partial charge on any atom is 0.312 e. The van der Waals surface area contributed by atoms with Crippen molar-refractivity contribution in [1.29, 1.82) is 0 Å². The molecule has 0 fully saturated rings. The van der Waals surface area contributed by atoms with Crippen LogP contribution in [0.5, 0.6) is 0 Å². The summed E-state index contributed by atoms with van der Waals surface area (Å²) in [6, 6.07) is 5.81. The molecule has 1 aliphatic heterocycles. The summed E-state index contributed by atoms with van der Waals surface area (Å²) >= 11 is 0. The van der Waals surface area contributed by atoms with E-state index in [-0.39, 0.29) is 11.5 Å². The molecule has 1 aliphatic rings. The molecule has 136 valence electrons. The quantitative estimate of drug-likeness (QED) is 0.585. The van der Waals surface area contributed by atoms with Crippen molar-refractivity contribution in [2.45, 2.75) is 19.4 Å². The molecule has 8 nitrogen and oxygen atoms in total. The molecule has 1 aromatic carbocycles. The Hall–Kier alpha value is -3.49. The molecule has 1 N–H and O–H groups in total. The summed E-state index contributed by atoms with van der Waals surface area (Å²) in [6.07, 6.45) is 2.17. The van der Waals surface area contributed by atoms with Crippen LogP contribution < -0.4 is 0 Å². The Kier molecular flexibility index (Phi) is 3.36. The fourth-order valence-electron chi connectivity index (χ4n) is 3.47. The molecule has 0 aliphatic carbocycles. The summed E-state index contributed by atoms with van der Waals surface area (Å²) in [5, 5.41) is 8.16. The van der Waals surface area contributed by atoms with E-state index < -0.39 is 17.8 Å². The number of aromatic amines is 1. The number of fused-ring (bicyclic) bond motifs is 2. The number of benzene rings is 1. The number of amides is 1. The van der Waals surface area contributed by atoms with Crippen molar-refractivity contribution < 1.29 is 18.0 Å². The van der Waals surface area contributed by atoms with Gasteiger partial charge in [0, 0.05) is 31.0 Å². The number of aromatic nitrogens is 4. The van der Waals surface area contributed by atoms with Gasteiger partial charge in [0.25, 0.3) is 0 Å². The van der Waals surface area contributed by atoms with Gasteiger partial charge in [-0.05, 0) is 12.1 Å². The highest BCUT2D eigenvalue weighted by atomic mass is 19.1. The maximum absolute atomic E-state index is 14.1. The van der Waals surface area contributed by atoms with Crippen LogP contribution in [0.25, 0.3) is 11.0 Å². The summed E-state index contributed by atoms with van der Waals surface area (Å²) < 4.78 is 25.2. The fourth-order valence-corrected chi connectivity index (χ4v) is 3.47. The molecular weight excluding hydrogens is 353 g/mol. The predicted molar refractivity (Wildman–Crippen MR) is 90.4 cm³/mol. The van der Waals surface area contributed by atoms with Gasteiger partial charge in [-0.15, -0.1) is 10.2 Å². The van der Waals surface area contributed by atoms with Gasteiger partial charge >= 0.3 is 11.8 Å². The van der Waals surface area contributed by atoms with Crippen LogP contribution in [0, 0.1) is 12.7 Å². The molecule has 3 aromatic heterocycles. The Morgan fingerprint density at radius 3 is 3.00 bits per heavy atom. The molecular formula is C18H14FN5O3. The average Bonchev–Trinajstić information content (AvgIpc) is 3.39. The number of nitrogens with one attached hydrogen (secondary N) is 1. The molecule has 5 rings (SSSR count). The van der Waals surface area contributed by atoms with Crippen LogP contribution in [-0.4, -0.2) is 37.5 Å². The van der Waals surface area contributed by atoms with E-state index in [0.29, 0.717) is 35.7 Å². The second kappa shape index (κ2) is 5.76. The number of para-hydroxylation sites is 1. The van der Waals surface area contributed by atoms with Gasteiger partial charge < -0.3 is 18.7 Å². The van der Waals surface area contributed by atoms with Gasteiger partial charge in [0.15, 0.2) is 11.4 Å². The standard InChI is InChI=1S/C18H14FN5O3/c1-9-22-23-17(26-9)18(25)24-6-5-12-14(21-8-20-12)15(24)13-7-10-3-2-4-11(19)16(10)27-13/h2-4,7-8,15H,5-6H2,1H3,(H,20,21)/t15-/m1/s1. The molecule has 4 aromatic rings. The van der Waals surface area contributed by atoms with Gasteiger partial charge in [-0.2, -0.15) is 0 Å². The monoisotopic (exact) mass is 367 g/mol. The van der Waals surface area contributed by atoms with Crippen molar-refractivity contribution in [3.05, 3.63) is 65.3 Å². The van der Waals surface area contributed by atoms with Crippen molar-refractivity contribution in [3.8, 4) is 0 Å². The second-order valence-electron chi connectivity index (χ2n) is 6.35. The normalized spacial score (nSPS) is 16.7. The lowest BCUT2D eigenvalue weighted by Crippen LogP contribution is -2.40. The van der Waals surface area contributed by atoms with Crippen LogP contribution in [0.3, 0.4) is 0 Å². The van der Waals surface area contributed by atoms with E-state index in [9.17, 15) is 9.18 Å². The zero-order chi connectivity index (χ0) is 18.5. The number of carbonyl (C=O) groups is 1. The summed E-state index contributed by atoms with van der Waals surface area (Å²) in [7, 11) is 0. The number of nitrogens with zero attached hydrogens (tertiary/aromatic N) is 4. The van der Waals surface area contributed by atoms with Crippen LogP contribution in [0.2, 0.25) is 0 Å². The topological polar surface area (TPSA) is 101 Å². The number of halogens is 1.